The number of piperidine rings is 3. The van der Waals surface area contributed by atoms with E-state index in [4.69, 9.17) is 4.74 Å². The highest BCUT2D eigenvalue weighted by Gasteiger charge is 2.34. The molecule has 26 heavy (non-hydrogen) atoms. The van der Waals surface area contributed by atoms with Gasteiger partial charge < -0.3 is 15.0 Å². The maximum Gasteiger partial charge on any atom is 0.251 e. The molecule has 1 aromatic carbocycles. The van der Waals surface area contributed by atoms with Gasteiger partial charge in [-0.05, 0) is 63.0 Å². The van der Waals surface area contributed by atoms with E-state index in [-0.39, 0.29) is 17.7 Å². The second-order valence-corrected chi connectivity index (χ2v) is 7.93. The molecule has 5 nitrogen and oxygen atoms in total. The zero-order chi connectivity index (χ0) is 18.1. The van der Waals surface area contributed by atoms with E-state index >= 15 is 0 Å². The van der Waals surface area contributed by atoms with Crippen LogP contribution in [0.4, 0.5) is 0 Å². The number of rotatable bonds is 5. The smallest absolute Gasteiger partial charge is 0.251 e. The molecule has 3 aliphatic heterocycles. The molecular weight excluding hydrogens is 348 g/mol. The largest absolute Gasteiger partial charge is 0.447 e. The van der Waals surface area contributed by atoms with Crippen LogP contribution in [0.25, 0.3) is 0 Å². The zero-order valence-electron chi connectivity index (χ0n) is 14.7. The number of fused-ring (bicyclic) bond motifs is 3. The topological polar surface area (TPSA) is 58.6 Å². The lowest BCUT2D eigenvalue weighted by Crippen LogP contribution is -2.57. The monoisotopic (exact) mass is 370 g/mol. The Balaban J connectivity index is 1.37. The van der Waals surface area contributed by atoms with E-state index in [1.165, 1.54) is 31.1 Å². The third kappa shape index (κ3) is 3.66. The van der Waals surface area contributed by atoms with Crippen LogP contribution < -0.4 is 10.1 Å². The molecule has 3 fully saturated rings. The minimum atomic E-state index is -0.0229. The van der Waals surface area contributed by atoms with Crippen LogP contribution in [0.2, 0.25) is 0 Å². The van der Waals surface area contributed by atoms with E-state index in [1.54, 1.807) is 35.7 Å². The van der Waals surface area contributed by atoms with Crippen LogP contribution in [0, 0.1) is 5.92 Å². The molecule has 1 N–H and O–H groups in total. The lowest BCUT2D eigenvalue weighted by Gasteiger charge is -2.44. The fourth-order valence-electron chi connectivity index (χ4n) is 3.73. The Morgan fingerprint density at radius 1 is 1.15 bits per heavy atom. The Kier molecular flexibility index (Phi) is 4.78. The molecule has 6 heteroatoms. The number of benzene rings is 1. The summed E-state index contributed by atoms with van der Waals surface area (Å²) in [5.74, 6) is 1.27. The van der Waals surface area contributed by atoms with Crippen molar-refractivity contribution in [3.05, 3.63) is 46.8 Å². The van der Waals surface area contributed by atoms with E-state index in [2.05, 4.69) is 10.2 Å². The highest BCUT2D eigenvalue weighted by atomic mass is 32.1. The van der Waals surface area contributed by atoms with Gasteiger partial charge in [0.2, 0.25) is 0 Å². The van der Waals surface area contributed by atoms with Gasteiger partial charge in [-0.15, -0.1) is 11.3 Å². The summed E-state index contributed by atoms with van der Waals surface area (Å²) < 4.78 is 5.76. The first-order chi connectivity index (χ1) is 12.6. The molecule has 1 amide bonds. The predicted molar refractivity (Wildman–Crippen MR) is 101 cm³/mol. The Labute approximate surface area is 157 Å². The number of Topliss-reactive ketones (excluding diaryl/α,β-unsaturated/α-hetero) is 1. The van der Waals surface area contributed by atoms with E-state index in [0.29, 0.717) is 27.9 Å². The molecule has 136 valence electrons. The first kappa shape index (κ1) is 17.2. The fraction of sp³-hybridized carbons (Fsp3) is 0.400. The molecule has 3 aliphatic rings. The molecule has 5 rings (SSSR count). The van der Waals surface area contributed by atoms with Crippen LogP contribution in [-0.2, 0) is 0 Å². The minimum absolute atomic E-state index is 0.0229. The number of thiophene rings is 1. The van der Waals surface area contributed by atoms with Gasteiger partial charge in [0.1, 0.15) is 5.75 Å². The summed E-state index contributed by atoms with van der Waals surface area (Å²) in [6, 6.07) is 9.15. The summed E-state index contributed by atoms with van der Waals surface area (Å²) in [7, 11) is 0. The van der Waals surface area contributed by atoms with Gasteiger partial charge in [-0.2, -0.15) is 0 Å². The van der Waals surface area contributed by atoms with Crippen LogP contribution in [0.15, 0.2) is 35.7 Å². The van der Waals surface area contributed by atoms with Gasteiger partial charge >= 0.3 is 0 Å². The Hall–Kier alpha value is -2.18. The summed E-state index contributed by atoms with van der Waals surface area (Å²) in [5, 5.41) is 5.65. The van der Waals surface area contributed by atoms with Crippen LogP contribution in [0.1, 0.15) is 40.5 Å². The van der Waals surface area contributed by atoms with E-state index in [9.17, 15) is 9.59 Å². The van der Waals surface area contributed by atoms with Gasteiger partial charge in [0, 0.05) is 35.2 Å². The molecule has 1 aromatic heterocycles. The van der Waals surface area contributed by atoms with Crippen molar-refractivity contribution in [3.8, 4) is 10.8 Å². The minimum Gasteiger partial charge on any atom is -0.447 e. The zero-order valence-corrected chi connectivity index (χ0v) is 15.6. The summed E-state index contributed by atoms with van der Waals surface area (Å²) in [4.78, 5) is 26.3. The first-order valence-corrected chi connectivity index (χ1v) is 9.87. The lowest BCUT2D eigenvalue weighted by molar-refractivity contribution is 0.0620. The predicted octanol–water partition coefficient (Wildman–Crippen LogP) is 3.57. The molecule has 0 radical (unpaired) electrons. The van der Waals surface area contributed by atoms with Gasteiger partial charge in [-0.3, -0.25) is 9.59 Å². The molecule has 0 saturated carbocycles. The van der Waals surface area contributed by atoms with Crippen LogP contribution in [0.3, 0.4) is 0 Å². The average Bonchev–Trinajstić information content (AvgIpc) is 3.12. The van der Waals surface area contributed by atoms with Crippen molar-refractivity contribution in [3.63, 3.8) is 0 Å². The number of ether oxygens (including phenoxy) is 1. The van der Waals surface area contributed by atoms with Crippen molar-refractivity contribution in [2.24, 2.45) is 5.92 Å². The summed E-state index contributed by atoms with van der Waals surface area (Å²) in [6.07, 6.45) is 2.36. The highest BCUT2D eigenvalue weighted by molar-refractivity contribution is 7.12. The average molecular weight is 370 g/mol. The highest BCUT2D eigenvalue weighted by Crippen LogP contribution is 2.30. The number of hydrogen-bond donors (Lipinski definition) is 1. The molecule has 2 bridgehead atoms. The summed E-state index contributed by atoms with van der Waals surface area (Å²) >= 11 is 1.39. The van der Waals surface area contributed by atoms with Crippen molar-refractivity contribution in [2.75, 3.05) is 19.6 Å². The van der Waals surface area contributed by atoms with E-state index in [1.807, 2.05) is 0 Å². The Bertz CT molecular complexity index is 807. The lowest BCUT2D eigenvalue weighted by atomic mass is 9.84. The third-order valence-corrected chi connectivity index (χ3v) is 6.09. The van der Waals surface area contributed by atoms with Crippen molar-refractivity contribution >= 4 is 23.0 Å². The number of amides is 1. The standard InChI is InChI=1S/C20H22N2O3S/c1-13(23)16-10-19(26-12-16)25-17-4-2-15(3-5-17)20(24)21-18-11-22-8-6-14(18)7-9-22/h2-5,10,12,14,18H,6-9,11H2,1H3,(H,21,24)/t18-/m0/s1. The molecule has 0 spiro atoms. The van der Waals surface area contributed by atoms with Gasteiger partial charge in [-0.25, -0.2) is 0 Å². The molecule has 4 heterocycles. The maximum atomic E-state index is 12.5. The second kappa shape index (κ2) is 7.21. The Morgan fingerprint density at radius 3 is 2.46 bits per heavy atom. The number of hydrogen-bond acceptors (Lipinski definition) is 5. The fourth-order valence-corrected chi connectivity index (χ4v) is 4.54. The number of carbonyl (C=O) groups excluding carboxylic acids is 2. The molecule has 0 aliphatic carbocycles. The molecule has 2 aromatic rings. The summed E-state index contributed by atoms with van der Waals surface area (Å²) in [5.41, 5.74) is 1.29. The van der Waals surface area contributed by atoms with Gasteiger partial charge in [-0.1, -0.05) is 0 Å². The van der Waals surface area contributed by atoms with Gasteiger partial charge in [0.05, 0.1) is 0 Å². The van der Waals surface area contributed by atoms with E-state index < -0.39 is 0 Å². The molecular formula is C20H22N2O3S. The molecule has 3 saturated heterocycles. The van der Waals surface area contributed by atoms with Crippen molar-refractivity contribution in [1.29, 1.82) is 0 Å². The number of carbonyl (C=O) groups is 2. The quantitative estimate of drug-likeness (QED) is 0.818. The van der Waals surface area contributed by atoms with Gasteiger partial charge in [0.25, 0.3) is 5.91 Å². The van der Waals surface area contributed by atoms with Gasteiger partial charge in [0.15, 0.2) is 10.8 Å². The van der Waals surface area contributed by atoms with Crippen molar-refractivity contribution in [2.45, 2.75) is 25.8 Å². The van der Waals surface area contributed by atoms with Crippen molar-refractivity contribution in [1.82, 2.24) is 10.2 Å². The Morgan fingerprint density at radius 2 is 1.88 bits per heavy atom. The van der Waals surface area contributed by atoms with E-state index in [0.717, 1.165) is 19.6 Å². The summed E-state index contributed by atoms with van der Waals surface area (Å²) in [6.45, 7) is 4.83. The normalized spacial score (nSPS) is 24.3. The van der Waals surface area contributed by atoms with Crippen LogP contribution in [-0.4, -0.2) is 42.3 Å². The molecule has 0 unspecified atom stereocenters. The number of nitrogens with zero attached hydrogens (tertiary/aromatic N) is 1. The van der Waals surface area contributed by atoms with Crippen LogP contribution in [0.5, 0.6) is 10.8 Å². The van der Waals surface area contributed by atoms with Crippen LogP contribution >= 0.6 is 11.3 Å². The maximum absolute atomic E-state index is 12.5. The number of ketones is 1. The second-order valence-electron chi connectivity index (χ2n) is 7.06. The molecule has 1 atom stereocenters. The third-order valence-electron chi connectivity index (χ3n) is 5.29. The number of nitrogens with one attached hydrogen (secondary N) is 1. The van der Waals surface area contributed by atoms with Crippen molar-refractivity contribution < 1.29 is 14.3 Å². The first-order valence-electron chi connectivity index (χ1n) is 8.99. The SMILES string of the molecule is CC(=O)c1csc(Oc2ccc(C(=O)N[C@H]3CN4CCC3CC4)cc2)c1.